The van der Waals surface area contributed by atoms with Crippen molar-refractivity contribution in [2.75, 3.05) is 23.3 Å². The quantitative estimate of drug-likeness (QED) is 0.806. The molecule has 0 fully saturated rings. The fourth-order valence-corrected chi connectivity index (χ4v) is 1.96. The molecule has 1 rings (SSSR count). The van der Waals surface area contributed by atoms with Crippen molar-refractivity contribution < 1.29 is 0 Å². The maximum atomic E-state index is 4.56. The van der Waals surface area contributed by atoms with Gasteiger partial charge in [0, 0.05) is 25.2 Å². The molecule has 0 amide bonds. The monoisotopic (exact) mass is 250 g/mol. The number of anilines is 2. The summed E-state index contributed by atoms with van der Waals surface area (Å²) in [4.78, 5) is 11.3. The predicted octanol–water partition coefficient (Wildman–Crippen LogP) is 3.23. The van der Waals surface area contributed by atoms with Gasteiger partial charge in [-0.3, -0.25) is 0 Å². The Morgan fingerprint density at radius 1 is 1.28 bits per heavy atom. The average Bonchev–Trinajstić information content (AvgIpc) is 2.36. The molecule has 1 aromatic heterocycles. The molecule has 4 nitrogen and oxygen atoms in total. The molecule has 1 aromatic rings. The van der Waals surface area contributed by atoms with Crippen molar-refractivity contribution in [1.29, 1.82) is 0 Å². The number of rotatable bonds is 7. The third kappa shape index (κ3) is 3.86. The van der Waals surface area contributed by atoms with Gasteiger partial charge in [-0.05, 0) is 33.6 Å². The van der Waals surface area contributed by atoms with Crippen LogP contribution in [0.3, 0.4) is 0 Å². The van der Waals surface area contributed by atoms with Gasteiger partial charge in [0.05, 0.1) is 0 Å². The lowest BCUT2D eigenvalue weighted by atomic mass is 10.2. The molecule has 4 heteroatoms. The van der Waals surface area contributed by atoms with E-state index in [0.717, 1.165) is 43.4 Å². The number of nitrogens with one attached hydrogen (secondary N) is 1. The van der Waals surface area contributed by atoms with Crippen LogP contribution in [0.2, 0.25) is 0 Å². The summed E-state index contributed by atoms with van der Waals surface area (Å²) in [5, 5.41) is 3.33. The van der Waals surface area contributed by atoms with Crippen molar-refractivity contribution in [2.24, 2.45) is 0 Å². The fourth-order valence-electron chi connectivity index (χ4n) is 1.96. The topological polar surface area (TPSA) is 41.0 Å². The van der Waals surface area contributed by atoms with E-state index in [1.54, 1.807) is 0 Å². The first kappa shape index (κ1) is 14.7. The standard InChI is InChI=1S/C14H26N4/c1-6-9-15-13-10-14(17-12(5)16-13)18(8-3)11(4)7-2/h10-11H,6-9H2,1-5H3,(H,15,16,17). The Morgan fingerprint density at radius 2 is 2.00 bits per heavy atom. The molecule has 0 bridgehead atoms. The van der Waals surface area contributed by atoms with Gasteiger partial charge in [0.25, 0.3) is 0 Å². The van der Waals surface area contributed by atoms with E-state index in [1.807, 2.05) is 6.92 Å². The van der Waals surface area contributed by atoms with Gasteiger partial charge in [0.1, 0.15) is 17.5 Å². The van der Waals surface area contributed by atoms with Crippen LogP contribution >= 0.6 is 0 Å². The first-order valence-corrected chi connectivity index (χ1v) is 6.98. The molecule has 18 heavy (non-hydrogen) atoms. The normalized spacial score (nSPS) is 12.3. The third-order valence-electron chi connectivity index (χ3n) is 3.14. The first-order chi connectivity index (χ1) is 8.62. The molecule has 1 N–H and O–H groups in total. The van der Waals surface area contributed by atoms with Crippen LogP contribution in [0.5, 0.6) is 0 Å². The second kappa shape index (κ2) is 7.19. The molecular formula is C14H26N4. The molecule has 0 aliphatic rings. The van der Waals surface area contributed by atoms with Crippen LogP contribution in [0.15, 0.2) is 6.07 Å². The maximum Gasteiger partial charge on any atom is 0.134 e. The molecule has 0 spiro atoms. The summed E-state index contributed by atoms with van der Waals surface area (Å²) in [6, 6.07) is 2.56. The number of hydrogen-bond donors (Lipinski definition) is 1. The maximum absolute atomic E-state index is 4.56. The van der Waals surface area contributed by atoms with Crippen molar-refractivity contribution in [2.45, 2.75) is 53.5 Å². The summed E-state index contributed by atoms with van der Waals surface area (Å²) in [5.41, 5.74) is 0. The van der Waals surface area contributed by atoms with Gasteiger partial charge in [-0.2, -0.15) is 0 Å². The van der Waals surface area contributed by atoms with Crippen LogP contribution in [0.4, 0.5) is 11.6 Å². The lowest BCUT2D eigenvalue weighted by Gasteiger charge is -2.28. The van der Waals surface area contributed by atoms with Crippen molar-refractivity contribution in [3.8, 4) is 0 Å². The fraction of sp³-hybridized carbons (Fsp3) is 0.714. The lowest BCUT2D eigenvalue weighted by Crippen LogP contribution is -2.33. The van der Waals surface area contributed by atoms with Gasteiger partial charge in [-0.25, -0.2) is 9.97 Å². The molecule has 0 aliphatic carbocycles. The Morgan fingerprint density at radius 3 is 2.56 bits per heavy atom. The van der Waals surface area contributed by atoms with Crippen LogP contribution in [0.25, 0.3) is 0 Å². The summed E-state index contributed by atoms with van der Waals surface area (Å²) in [6.07, 6.45) is 2.22. The SMILES string of the molecule is CCCNc1cc(N(CC)C(C)CC)nc(C)n1. The Labute approximate surface area is 111 Å². The molecule has 0 saturated heterocycles. The smallest absolute Gasteiger partial charge is 0.134 e. The molecule has 0 aliphatic heterocycles. The summed E-state index contributed by atoms with van der Waals surface area (Å²) < 4.78 is 0. The van der Waals surface area contributed by atoms with Gasteiger partial charge in [0.2, 0.25) is 0 Å². The molecular weight excluding hydrogens is 224 g/mol. The Balaban J connectivity index is 2.95. The zero-order chi connectivity index (χ0) is 13.5. The van der Waals surface area contributed by atoms with E-state index in [2.05, 4.69) is 53.9 Å². The minimum atomic E-state index is 0.503. The Hall–Kier alpha value is -1.32. The number of hydrogen-bond acceptors (Lipinski definition) is 4. The van der Waals surface area contributed by atoms with Gasteiger partial charge >= 0.3 is 0 Å². The zero-order valence-electron chi connectivity index (χ0n) is 12.3. The van der Waals surface area contributed by atoms with Crippen LogP contribution in [-0.4, -0.2) is 29.1 Å². The van der Waals surface area contributed by atoms with E-state index >= 15 is 0 Å². The van der Waals surface area contributed by atoms with E-state index in [1.165, 1.54) is 0 Å². The largest absolute Gasteiger partial charge is 0.370 e. The molecule has 102 valence electrons. The van der Waals surface area contributed by atoms with Gasteiger partial charge in [0.15, 0.2) is 0 Å². The van der Waals surface area contributed by atoms with Crippen molar-refractivity contribution in [3.63, 3.8) is 0 Å². The van der Waals surface area contributed by atoms with Crippen molar-refractivity contribution >= 4 is 11.6 Å². The van der Waals surface area contributed by atoms with Crippen molar-refractivity contribution in [3.05, 3.63) is 11.9 Å². The molecule has 1 unspecified atom stereocenters. The predicted molar refractivity (Wildman–Crippen MR) is 78.3 cm³/mol. The zero-order valence-corrected chi connectivity index (χ0v) is 12.3. The summed E-state index contributed by atoms with van der Waals surface area (Å²) >= 11 is 0. The van der Waals surface area contributed by atoms with Gasteiger partial charge in [-0.15, -0.1) is 0 Å². The Kier molecular flexibility index (Phi) is 5.89. The van der Waals surface area contributed by atoms with Crippen LogP contribution in [-0.2, 0) is 0 Å². The van der Waals surface area contributed by atoms with Gasteiger partial charge in [-0.1, -0.05) is 13.8 Å². The second-order valence-electron chi connectivity index (χ2n) is 4.63. The third-order valence-corrected chi connectivity index (χ3v) is 3.14. The van der Waals surface area contributed by atoms with E-state index in [4.69, 9.17) is 0 Å². The summed E-state index contributed by atoms with van der Waals surface area (Å²) in [6.45, 7) is 12.6. The highest BCUT2D eigenvalue weighted by Gasteiger charge is 2.13. The second-order valence-corrected chi connectivity index (χ2v) is 4.63. The Bertz CT molecular complexity index is 365. The summed E-state index contributed by atoms with van der Waals surface area (Å²) in [5.74, 6) is 2.78. The van der Waals surface area contributed by atoms with E-state index in [-0.39, 0.29) is 0 Å². The van der Waals surface area contributed by atoms with E-state index in [0.29, 0.717) is 6.04 Å². The van der Waals surface area contributed by atoms with Crippen LogP contribution < -0.4 is 10.2 Å². The first-order valence-electron chi connectivity index (χ1n) is 6.98. The van der Waals surface area contributed by atoms with E-state index in [9.17, 15) is 0 Å². The lowest BCUT2D eigenvalue weighted by molar-refractivity contribution is 0.621. The summed E-state index contributed by atoms with van der Waals surface area (Å²) in [7, 11) is 0. The van der Waals surface area contributed by atoms with Crippen molar-refractivity contribution in [1.82, 2.24) is 9.97 Å². The van der Waals surface area contributed by atoms with E-state index < -0.39 is 0 Å². The van der Waals surface area contributed by atoms with Crippen LogP contribution in [0.1, 0.15) is 46.4 Å². The van der Waals surface area contributed by atoms with Gasteiger partial charge < -0.3 is 10.2 Å². The molecule has 0 saturated carbocycles. The highest BCUT2D eigenvalue weighted by molar-refractivity contribution is 5.49. The highest BCUT2D eigenvalue weighted by atomic mass is 15.2. The molecule has 1 heterocycles. The minimum absolute atomic E-state index is 0.503. The molecule has 0 radical (unpaired) electrons. The number of aryl methyl sites for hydroxylation is 1. The molecule has 0 aromatic carbocycles. The van der Waals surface area contributed by atoms with Crippen LogP contribution in [0, 0.1) is 6.92 Å². The minimum Gasteiger partial charge on any atom is -0.370 e. The number of nitrogens with zero attached hydrogens (tertiary/aromatic N) is 3. The number of aromatic nitrogens is 2. The highest BCUT2D eigenvalue weighted by Crippen LogP contribution is 2.19. The molecule has 1 atom stereocenters. The average molecular weight is 250 g/mol.